The first-order valence-corrected chi connectivity index (χ1v) is 6.92. The molecule has 0 heterocycles. The van der Waals surface area contributed by atoms with Gasteiger partial charge in [-0.15, -0.1) is 0 Å². The molecule has 0 N–H and O–H groups in total. The van der Waals surface area contributed by atoms with E-state index in [1.165, 1.54) is 46.7 Å². The van der Waals surface area contributed by atoms with Crippen LogP contribution in [0, 0.1) is 48.5 Å². The van der Waals surface area contributed by atoms with Gasteiger partial charge < -0.3 is 0 Å². The SMILES string of the molecule is C=C[CH2-].Cc1c(C)c(C)[c-](C)c1C.[CH2]/C=C/CCC.[Ir]. The van der Waals surface area contributed by atoms with Gasteiger partial charge in [0.2, 0.25) is 0 Å². The molecule has 0 saturated carbocycles. The maximum absolute atomic E-state index is 3.54. The van der Waals surface area contributed by atoms with E-state index < -0.39 is 0 Å². The summed E-state index contributed by atoms with van der Waals surface area (Å²) in [6.07, 6.45) is 7.80. The Morgan fingerprint density at radius 2 is 1.45 bits per heavy atom. The normalized spacial score (nSPS) is 8.95. The third-order valence-electron chi connectivity index (χ3n) is 3.43. The fourth-order valence-corrected chi connectivity index (χ4v) is 1.69. The van der Waals surface area contributed by atoms with Gasteiger partial charge in [0.1, 0.15) is 0 Å². The van der Waals surface area contributed by atoms with Crippen molar-refractivity contribution < 1.29 is 20.1 Å². The third-order valence-corrected chi connectivity index (χ3v) is 3.43. The minimum atomic E-state index is 0. The second-order valence-corrected chi connectivity index (χ2v) is 4.67. The van der Waals surface area contributed by atoms with Crippen LogP contribution >= 0.6 is 0 Å². The van der Waals surface area contributed by atoms with Crippen LogP contribution in [0.15, 0.2) is 24.8 Å². The molecule has 20 heavy (non-hydrogen) atoms. The molecule has 1 aromatic carbocycles. The molecule has 0 aliphatic carbocycles. The molecule has 118 valence electrons. The Bertz CT molecular complexity index is 301. The molecule has 0 nitrogen and oxygen atoms in total. The Balaban J connectivity index is -0.000000251. The summed E-state index contributed by atoms with van der Waals surface area (Å²) < 4.78 is 0. The van der Waals surface area contributed by atoms with Gasteiger partial charge in [0, 0.05) is 20.1 Å². The first-order valence-electron chi connectivity index (χ1n) is 6.92. The Morgan fingerprint density at radius 3 is 1.55 bits per heavy atom. The van der Waals surface area contributed by atoms with E-state index in [4.69, 9.17) is 0 Å². The van der Waals surface area contributed by atoms with Crippen molar-refractivity contribution in [2.75, 3.05) is 0 Å². The number of hydrogen-bond acceptors (Lipinski definition) is 0. The second-order valence-electron chi connectivity index (χ2n) is 4.67. The minimum Gasteiger partial charge on any atom is -0.245 e. The first kappa shape index (κ1) is 24.4. The average Bonchev–Trinajstić information content (AvgIpc) is 2.56. The Morgan fingerprint density at radius 1 is 1.10 bits per heavy atom. The molecule has 0 bridgehead atoms. The number of unbranched alkanes of at least 4 members (excludes halogenated alkanes) is 1. The largest absolute Gasteiger partial charge is 0.245 e. The molecule has 0 saturated heterocycles. The van der Waals surface area contributed by atoms with Gasteiger partial charge in [0.05, 0.1) is 0 Å². The fourth-order valence-electron chi connectivity index (χ4n) is 1.69. The van der Waals surface area contributed by atoms with E-state index in [9.17, 15) is 0 Å². The van der Waals surface area contributed by atoms with Crippen LogP contribution in [-0.2, 0) is 20.1 Å². The summed E-state index contributed by atoms with van der Waals surface area (Å²) in [5, 5.41) is 0. The van der Waals surface area contributed by atoms with Gasteiger partial charge in [-0.05, 0) is 13.3 Å². The molecule has 0 atom stereocenters. The van der Waals surface area contributed by atoms with Crippen molar-refractivity contribution in [3.8, 4) is 0 Å². The van der Waals surface area contributed by atoms with Gasteiger partial charge in [-0.2, -0.15) is 27.8 Å². The maximum Gasteiger partial charge on any atom is 0 e. The molecular weight excluding hydrogens is 420 g/mol. The van der Waals surface area contributed by atoms with Crippen LogP contribution in [-0.4, -0.2) is 0 Å². The third kappa shape index (κ3) is 9.28. The molecule has 0 amide bonds. The summed E-state index contributed by atoms with van der Waals surface area (Å²) in [6, 6.07) is 0. The molecule has 2 radical (unpaired) electrons. The van der Waals surface area contributed by atoms with Crippen LogP contribution in [0.1, 0.15) is 47.6 Å². The second kappa shape index (κ2) is 14.8. The Kier molecular flexibility index (Phi) is 18.0. The van der Waals surface area contributed by atoms with Crippen LogP contribution in [0.5, 0.6) is 0 Å². The van der Waals surface area contributed by atoms with Crippen molar-refractivity contribution in [2.24, 2.45) is 0 Å². The molecule has 1 rings (SSSR count). The molecule has 0 aromatic heterocycles. The smallest absolute Gasteiger partial charge is 0 e. The summed E-state index contributed by atoms with van der Waals surface area (Å²) in [5.41, 5.74) is 7.34. The van der Waals surface area contributed by atoms with Gasteiger partial charge in [0.15, 0.2) is 0 Å². The van der Waals surface area contributed by atoms with E-state index in [1.54, 1.807) is 0 Å². The van der Waals surface area contributed by atoms with Crippen LogP contribution in [0.2, 0.25) is 0 Å². The predicted octanol–water partition coefficient (Wildman–Crippen LogP) is 6.13. The quantitative estimate of drug-likeness (QED) is 0.475. The van der Waals surface area contributed by atoms with Crippen molar-refractivity contribution in [2.45, 2.75) is 54.4 Å². The van der Waals surface area contributed by atoms with Gasteiger partial charge in [-0.1, -0.05) is 60.1 Å². The molecule has 0 aliphatic rings. The predicted molar refractivity (Wildman–Crippen MR) is 90.7 cm³/mol. The first-order chi connectivity index (χ1) is 8.88. The molecular formula is C19H31Ir-2. The molecule has 0 aliphatic heterocycles. The van der Waals surface area contributed by atoms with Crippen molar-refractivity contribution in [1.82, 2.24) is 0 Å². The van der Waals surface area contributed by atoms with E-state index in [0.29, 0.717) is 0 Å². The summed E-state index contributed by atoms with van der Waals surface area (Å²) in [6.45, 7) is 23.2. The number of rotatable bonds is 2. The number of allylic oxidation sites excluding steroid dienone is 3. The topological polar surface area (TPSA) is 0 Å². The molecule has 1 aromatic rings. The van der Waals surface area contributed by atoms with Gasteiger partial charge in [-0.3, -0.25) is 0 Å². The van der Waals surface area contributed by atoms with Crippen LogP contribution in [0.3, 0.4) is 0 Å². The zero-order valence-corrected chi connectivity index (χ0v) is 16.5. The summed E-state index contributed by atoms with van der Waals surface area (Å²) >= 11 is 0. The Labute approximate surface area is 141 Å². The van der Waals surface area contributed by atoms with Crippen molar-refractivity contribution in [3.05, 3.63) is 66.5 Å². The van der Waals surface area contributed by atoms with Crippen LogP contribution < -0.4 is 0 Å². The molecule has 0 spiro atoms. The molecule has 0 fully saturated rings. The average molecular weight is 452 g/mol. The van der Waals surface area contributed by atoms with E-state index >= 15 is 0 Å². The van der Waals surface area contributed by atoms with Crippen LogP contribution in [0.25, 0.3) is 0 Å². The summed E-state index contributed by atoms with van der Waals surface area (Å²) in [5.74, 6) is 0. The van der Waals surface area contributed by atoms with Crippen molar-refractivity contribution in [3.63, 3.8) is 0 Å². The zero-order chi connectivity index (χ0) is 15.4. The van der Waals surface area contributed by atoms with E-state index in [0.717, 1.165) is 0 Å². The number of hydrogen-bond donors (Lipinski definition) is 0. The van der Waals surface area contributed by atoms with Gasteiger partial charge >= 0.3 is 0 Å². The van der Waals surface area contributed by atoms with Gasteiger partial charge in [0.25, 0.3) is 0 Å². The summed E-state index contributed by atoms with van der Waals surface area (Å²) in [7, 11) is 0. The van der Waals surface area contributed by atoms with E-state index in [-0.39, 0.29) is 20.1 Å². The van der Waals surface area contributed by atoms with Crippen LogP contribution in [0.4, 0.5) is 0 Å². The summed E-state index contributed by atoms with van der Waals surface area (Å²) in [4.78, 5) is 0. The fraction of sp³-hybridized carbons (Fsp3) is 0.421. The van der Waals surface area contributed by atoms with Crippen molar-refractivity contribution >= 4 is 0 Å². The van der Waals surface area contributed by atoms with Gasteiger partial charge in [-0.25, -0.2) is 19.6 Å². The molecule has 1 heteroatoms. The zero-order valence-electron chi connectivity index (χ0n) is 14.1. The monoisotopic (exact) mass is 452 g/mol. The van der Waals surface area contributed by atoms with Crippen molar-refractivity contribution in [1.29, 1.82) is 0 Å². The minimum absolute atomic E-state index is 0. The standard InChI is InChI=1S/C10H15.C6H11.C3H5.Ir/c1-6-7(2)9(4)10(5)8(6)3;1-3-5-6-4-2;1-3-2;/h1-5H3;3,5H,1,4,6H2,2H3;3H,1-2H2;/q-1;;-1;/b;5-3+;;. The Hall–Kier alpha value is -0.651. The molecule has 0 unspecified atom stereocenters. The van der Waals surface area contributed by atoms with E-state index in [1.807, 2.05) is 6.08 Å². The van der Waals surface area contributed by atoms with E-state index in [2.05, 4.69) is 68.0 Å². The maximum atomic E-state index is 3.54.